The molecule has 0 spiro atoms. The van der Waals surface area contributed by atoms with E-state index in [9.17, 15) is 9.59 Å². The van der Waals surface area contributed by atoms with Crippen LogP contribution in [0, 0.1) is 0 Å². The highest BCUT2D eigenvalue weighted by Crippen LogP contribution is 2.22. The minimum atomic E-state index is -0.175. The first kappa shape index (κ1) is 24.5. The lowest BCUT2D eigenvalue weighted by Gasteiger charge is -2.36. The molecule has 1 aliphatic rings. The van der Waals surface area contributed by atoms with Gasteiger partial charge in [0.1, 0.15) is 18.1 Å². The third-order valence-corrected chi connectivity index (χ3v) is 7.12. The predicted molar refractivity (Wildman–Crippen MR) is 141 cm³/mol. The second-order valence-corrected chi connectivity index (χ2v) is 9.54. The lowest BCUT2D eigenvalue weighted by atomic mass is 10.1. The Kier molecular flexibility index (Phi) is 7.46. The van der Waals surface area contributed by atoms with Crippen molar-refractivity contribution < 1.29 is 18.7 Å². The third kappa shape index (κ3) is 5.80. The summed E-state index contributed by atoms with van der Waals surface area (Å²) in [6.45, 7) is 2.60. The number of carbonyl (C=O) groups is 2. The summed E-state index contributed by atoms with van der Waals surface area (Å²) in [7, 11) is 1.64. The highest BCUT2D eigenvalue weighted by Gasteiger charge is 2.27. The smallest absolute Gasteiger partial charge is 0.264 e. The molecule has 3 aromatic heterocycles. The van der Waals surface area contributed by atoms with Gasteiger partial charge in [-0.15, -0.1) is 21.5 Å². The molecule has 0 unspecified atom stereocenters. The first-order valence-corrected chi connectivity index (χ1v) is 12.8. The summed E-state index contributed by atoms with van der Waals surface area (Å²) in [5.74, 6) is 1.94. The van der Waals surface area contributed by atoms with Crippen LogP contribution in [-0.2, 0) is 11.3 Å². The van der Waals surface area contributed by atoms with Crippen molar-refractivity contribution in [2.45, 2.75) is 6.54 Å². The van der Waals surface area contributed by atoms with E-state index in [-0.39, 0.29) is 24.9 Å². The number of hydrogen-bond acceptors (Lipinski definition) is 8. The van der Waals surface area contributed by atoms with E-state index in [0.717, 1.165) is 22.8 Å². The number of hydrogen-bond donors (Lipinski definition) is 0. The van der Waals surface area contributed by atoms with Gasteiger partial charge in [-0.25, -0.2) is 0 Å². The van der Waals surface area contributed by atoms with Gasteiger partial charge in [0.2, 0.25) is 5.91 Å². The predicted octanol–water partition coefficient (Wildman–Crippen LogP) is 3.80. The Balaban J connectivity index is 1.18. The average molecular weight is 518 g/mol. The summed E-state index contributed by atoms with van der Waals surface area (Å²) in [5.41, 5.74) is 1.75. The highest BCUT2D eigenvalue weighted by atomic mass is 32.1. The van der Waals surface area contributed by atoms with Gasteiger partial charge in [0.25, 0.3) is 5.91 Å². The summed E-state index contributed by atoms with van der Waals surface area (Å²) in [6.07, 6.45) is 1.57. The van der Waals surface area contributed by atoms with E-state index < -0.39 is 0 Å². The molecule has 2 amide bonds. The molecule has 1 fully saturated rings. The van der Waals surface area contributed by atoms with Gasteiger partial charge in [-0.2, -0.15) is 0 Å². The van der Waals surface area contributed by atoms with Crippen molar-refractivity contribution in [3.63, 3.8) is 0 Å². The quantitative estimate of drug-likeness (QED) is 0.351. The number of carbonyl (C=O) groups excluding carboxylic acids is 2. The molecule has 0 atom stereocenters. The van der Waals surface area contributed by atoms with E-state index in [1.807, 2.05) is 47.8 Å². The van der Waals surface area contributed by atoms with Crippen LogP contribution in [0.2, 0.25) is 0 Å². The number of nitrogens with zero attached hydrogens (tertiary/aromatic N) is 5. The van der Waals surface area contributed by atoms with Crippen LogP contribution in [-0.4, -0.2) is 71.6 Å². The van der Waals surface area contributed by atoms with Crippen LogP contribution in [0.1, 0.15) is 15.4 Å². The fraction of sp³-hybridized carbons (Fsp3) is 0.259. The number of thiophene rings is 1. The third-order valence-electron chi connectivity index (χ3n) is 6.26. The molecule has 1 aliphatic heterocycles. The standard InChI is InChI=1S/C27H27N5O4S/c1-35-21-8-6-20(7-9-21)23-10-11-25(29-28-23)30-12-14-31(15-13-30)26(33)19-32(18-22-4-2-16-36-22)27(34)24-5-3-17-37-24/h2-11,16-17H,12-15,18-19H2,1H3. The van der Waals surface area contributed by atoms with Crippen LogP contribution in [0.25, 0.3) is 11.3 Å². The van der Waals surface area contributed by atoms with E-state index in [1.54, 1.807) is 41.4 Å². The normalized spacial score (nSPS) is 13.4. The number of anilines is 1. The van der Waals surface area contributed by atoms with Crippen molar-refractivity contribution in [2.24, 2.45) is 0 Å². The van der Waals surface area contributed by atoms with Crippen LogP contribution < -0.4 is 9.64 Å². The highest BCUT2D eigenvalue weighted by molar-refractivity contribution is 7.12. The Hall–Kier alpha value is -4.18. The number of amides is 2. The second-order valence-electron chi connectivity index (χ2n) is 8.59. The summed E-state index contributed by atoms with van der Waals surface area (Å²) >= 11 is 1.36. The van der Waals surface area contributed by atoms with E-state index in [4.69, 9.17) is 9.15 Å². The van der Waals surface area contributed by atoms with Crippen molar-refractivity contribution in [3.8, 4) is 17.0 Å². The summed E-state index contributed by atoms with van der Waals surface area (Å²) < 4.78 is 10.6. The summed E-state index contributed by atoms with van der Waals surface area (Å²) in [6, 6.07) is 18.8. The molecule has 1 aromatic carbocycles. The Morgan fingerprint density at radius 1 is 1.00 bits per heavy atom. The van der Waals surface area contributed by atoms with E-state index in [1.165, 1.54) is 11.3 Å². The van der Waals surface area contributed by atoms with Gasteiger partial charge in [-0.3, -0.25) is 9.59 Å². The number of furan rings is 1. The molecule has 0 saturated carbocycles. The maximum absolute atomic E-state index is 13.2. The first-order chi connectivity index (χ1) is 18.1. The molecule has 0 N–H and O–H groups in total. The van der Waals surface area contributed by atoms with Gasteiger partial charge in [-0.05, 0) is 60.0 Å². The molecular formula is C27H27N5O4S. The zero-order valence-corrected chi connectivity index (χ0v) is 21.3. The van der Waals surface area contributed by atoms with Gasteiger partial charge in [0.15, 0.2) is 5.82 Å². The largest absolute Gasteiger partial charge is 0.497 e. The second kappa shape index (κ2) is 11.3. The van der Waals surface area contributed by atoms with Crippen molar-refractivity contribution in [2.75, 3.05) is 44.7 Å². The fourth-order valence-electron chi connectivity index (χ4n) is 4.20. The van der Waals surface area contributed by atoms with Crippen LogP contribution in [0.5, 0.6) is 5.75 Å². The van der Waals surface area contributed by atoms with Crippen molar-refractivity contribution in [1.29, 1.82) is 0 Å². The molecule has 0 radical (unpaired) electrons. The maximum Gasteiger partial charge on any atom is 0.264 e. The lowest BCUT2D eigenvalue weighted by Crippen LogP contribution is -2.52. The number of benzene rings is 1. The Morgan fingerprint density at radius 2 is 1.81 bits per heavy atom. The van der Waals surface area contributed by atoms with Crippen molar-refractivity contribution in [3.05, 3.63) is 82.9 Å². The molecule has 190 valence electrons. The van der Waals surface area contributed by atoms with Crippen molar-refractivity contribution in [1.82, 2.24) is 20.0 Å². The van der Waals surface area contributed by atoms with Crippen molar-refractivity contribution >= 4 is 29.0 Å². The van der Waals surface area contributed by atoms with Gasteiger partial charge >= 0.3 is 0 Å². The van der Waals surface area contributed by atoms with Gasteiger partial charge in [0.05, 0.1) is 30.5 Å². The number of aromatic nitrogens is 2. The maximum atomic E-state index is 13.2. The van der Waals surface area contributed by atoms with Crippen LogP contribution >= 0.6 is 11.3 Å². The van der Waals surface area contributed by atoms with Gasteiger partial charge in [-0.1, -0.05) is 6.07 Å². The van der Waals surface area contributed by atoms with Crippen LogP contribution in [0.15, 0.2) is 76.7 Å². The number of piperazine rings is 1. The van der Waals surface area contributed by atoms with Gasteiger partial charge < -0.3 is 23.9 Å². The Bertz CT molecular complexity index is 1300. The molecule has 37 heavy (non-hydrogen) atoms. The SMILES string of the molecule is COc1ccc(-c2ccc(N3CCN(C(=O)CN(Cc4ccco4)C(=O)c4cccs4)CC3)nn2)cc1. The molecule has 4 heterocycles. The first-order valence-electron chi connectivity index (χ1n) is 12.0. The lowest BCUT2D eigenvalue weighted by molar-refractivity contribution is -0.132. The van der Waals surface area contributed by atoms with E-state index in [0.29, 0.717) is 36.8 Å². The topological polar surface area (TPSA) is 92.0 Å². The zero-order chi connectivity index (χ0) is 25.6. The summed E-state index contributed by atoms with van der Waals surface area (Å²) in [4.78, 5) is 32.3. The summed E-state index contributed by atoms with van der Waals surface area (Å²) in [5, 5.41) is 10.7. The molecule has 9 nitrogen and oxygen atoms in total. The molecular weight excluding hydrogens is 490 g/mol. The molecule has 0 aliphatic carbocycles. The molecule has 0 bridgehead atoms. The zero-order valence-electron chi connectivity index (χ0n) is 20.4. The Labute approximate surface area is 218 Å². The minimum absolute atomic E-state index is 0.00615. The molecule has 5 rings (SSSR count). The van der Waals surface area contributed by atoms with Crippen LogP contribution in [0.4, 0.5) is 5.82 Å². The number of rotatable bonds is 8. The molecule has 4 aromatic rings. The fourth-order valence-corrected chi connectivity index (χ4v) is 4.89. The van der Waals surface area contributed by atoms with E-state index in [2.05, 4.69) is 15.1 Å². The van der Waals surface area contributed by atoms with Gasteiger partial charge in [0, 0.05) is 31.7 Å². The minimum Gasteiger partial charge on any atom is -0.497 e. The monoisotopic (exact) mass is 517 g/mol. The average Bonchev–Trinajstić information content (AvgIpc) is 3.68. The molecule has 1 saturated heterocycles. The molecule has 10 heteroatoms. The Morgan fingerprint density at radius 3 is 2.43 bits per heavy atom. The van der Waals surface area contributed by atoms with Crippen LogP contribution in [0.3, 0.4) is 0 Å². The number of ether oxygens (including phenoxy) is 1. The number of methoxy groups -OCH3 is 1. The van der Waals surface area contributed by atoms with E-state index >= 15 is 0 Å².